The number of sulfone groups is 2. The largest absolute Gasteiger partial charge is 0.302 e. The average molecular weight is 574 g/mol. The summed E-state index contributed by atoms with van der Waals surface area (Å²) in [5, 5.41) is -0.101. The van der Waals surface area contributed by atoms with Crippen LogP contribution in [0.1, 0.15) is 38.1 Å². The van der Waals surface area contributed by atoms with E-state index in [9.17, 15) is 21.6 Å². The van der Waals surface area contributed by atoms with Crippen LogP contribution in [0, 0.1) is 0 Å². The normalized spacial score (nSPS) is 12.2. The highest BCUT2D eigenvalue weighted by atomic mass is 35.5. The molecule has 12 heteroatoms. The van der Waals surface area contributed by atoms with E-state index in [2.05, 4.69) is 9.88 Å². The highest BCUT2D eigenvalue weighted by Crippen LogP contribution is 2.31. The van der Waals surface area contributed by atoms with Crippen molar-refractivity contribution in [1.82, 2.24) is 9.88 Å². The van der Waals surface area contributed by atoms with Gasteiger partial charge in [-0.25, -0.2) is 21.8 Å². The fraction of sp³-hybridized carbons (Fsp3) is 0.417. The van der Waals surface area contributed by atoms with E-state index in [1.165, 1.54) is 41.7 Å². The van der Waals surface area contributed by atoms with Crippen molar-refractivity contribution in [2.45, 2.75) is 42.7 Å². The molecule has 36 heavy (non-hydrogen) atoms. The molecule has 0 atom stereocenters. The van der Waals surface area contributed by atoms with Crippen molar-refractivity contribution in [2.75, 3.05) is 37.3 Å². The Morgan fingerprint density at radius 3 is 2.06 bits per heavy atom. The number of nitrogens with zero attached hydrogens (tertiary/aromatic N) is 3. The molecule has 1 aromatic heterocycles. The molecular weight excluding hydrogens is 542 g/mol. The topological polar surface area (TPSA) is 105 Å². The number of benzene rings is 2. The van der Waals surface area contributed by atoms with Gasteiger partial charge in [-0.2, -0.15) is 0 Å². The van der Waals surface area contributed by atoms with Crippen molar-refractivity contribution in [3.05, 3.63) is 48.0 Å². The molecule has 0 aliphatic rings. The molecule has 0 radical (unpaired) electrons. The van der Waals surface area contributed by atoms with E-state index in [0.717, 1.165) is 19.3 Å². The first-order valence-corrected chi connectivity index (χ1v) is 15.6. The maximum Gasteiger partial charge on any atom is 0.260 e. The Morgan fingerprint density at radius 1 is 0.944 bits per heavy atom. The van der Waals surface area contributed by atoms with Crippen LogP contribution in [-0.4, -0.2) is 70.3 Å². The first-order chi connectivity index (χ1) is 16.4. The molecule has 0 aliphatic carbocycles. The Balaban J connectivity index is 0.00000456. The molecule has 0 saturated heterocycles. The number of aromatic nitrogens is 1. The van der Waals surface area contributed by atoms with Gasteiger partial charge in [0.15, 0.2) is 24.8 Å². The third-order valence-electron chi connectivity index (χ3n) is 5.84. The number of fused-ring (bicyclic) bond motifs is 1. The summed E-state index contributed by atoms with van der Waals surface area (Å²) in [5.74, 6) is -0.298. The van der Waals surface area contributed by atoms with Crippen LogP contribution >= 0.6 is 23.7 Å². The average Bonchev–Trinajstić information content (AvgIpc) is 3.24. The molecule has 3 aromatic rings. The lowest BCUT2D eigenvalue weighted by Gasteiger charge is -2.24. The molecule has 198 valence electrons. The number of likely N-dealkylation sites (N-methyl/N-ethyl adjacent to an activating group) is 1. The van der Waals surface area contributed by atoms with Crippen LogP contribution in [0.5, 0.6) is 0 Å². The smallest absolute Gasteiger partial charge is 0.260 e. The molecule has 0 unspecified atom stereocenters. The zero-order valence-corrected chi connectivity index (χ0v) is 24.2. The van der Waals surface area contributed by atoms with Crippen LogP contribution < -0.4 is 4.90 Å². The van der Waals surface area contributed by atoms with Crippen molar-refractivity contribution >= 4 is 64.7 Å². The van der Waals surface area contributed by atoms with Gasteiger partial charge in [0.25, 0.3) is 5.91 Å². The minimum Gasteiger partial charge on any atom is -0.302 e. The van der Waals surface area contributed by atoms with E-state index >= 15 is 0 Å². The number of hydrogen-bond acceptors (Lipinski definition) is 8. The highest BCUT2D eigenvalue weighted by molar-refractivity contribution is 7.92. The highest BCUT2D eigenvalue weighted by Gasteiger charge is 2.24. The maximum absolute atomic E-state index is 13.6. The third-order valence-corrected chi connectivity index (χ3v) is 10.2. The minimum absolute atomic E-state index is 0. The fourth-order valence-electron chi connectivity index (χ4n) is 3.52. The number of hydrogen-bond donors (Lipinski definition) is 0. The zero-order chi connectivity index (χ0) is 26.0. The van der Waals surface area contributed by atoms with E-state index in [0.29, 0.717) is 34.0 Å². The molecule has 1 amide bonds. The summed E-state index contributed by atoms with van der Waals surface area (Å²) in [5.41, 5.74) is 0.958. The second-order valence-electron chi connectivity index (χ2n) is 8.50. The Morgan fingerprint density at radius 2 is 1.53 bits per heavy atom. The standard InChI is InChI=1S/C24H31N3O5S3.ClH/c1-6-26(7-2)14-15-27(23(28)18-8-10-19(11-9-18)35(31,32)17(3)4)24-25-21-13-12-20(34(5,29)30)16-22(21)33-24;/h8-13,16-17H,6-7,14-15H2,1-5H3;1H. The Labute approximate surface area is 223 Å². The van der Waals surface area contributed by atoms with Crippen molar-refractivity contribution in [2.24, 2.45) is 0 Å². The Kier molecular flexibility index (Phi) is 10.1. The summed E-state index contributed by atoms with van der Waals surface area (Å²) in [6, 6.07) is 10.7. The molecule has 0 N–H and O–H groups in total. The van der Waals surface area contributed by atoms with Gasteiger partial charge in [0.1, 0.15) is 0 Å². The molecule has 0 saturated carbocycles. The quantitative estimate of drug-likeness (QED) is 0.356. The van der Waals surface area contributed by atoms with Crippen molar-refractivity contribution in [1.29, 1.82) is 0 Å². The van der Waals surface area contributed by atoms with Gasteiger partial charge in [-0.1, -0.05) is 25.2 Å². The van der Waals surface area contributed by atoms with Gasteiger partial charge in [-0.3, -0.25) is 9.69 Å². The SMILES string of the molecule is CCN(CC)CCN(C(=O)c1ccc(S(=O)(=O)C(C)C)cc1)c1nc2ccc(S(C)(=O)=O)cc2s1.Cl. The molecule has 0 aliphatic heterocycles. The predicted octanol–water partition coefficient (Wildman–Crippen LogP) is 4.29. The lowest BCUT2D eigenvalue weighted by atomic mass is 10.2. The summed E-state index contributed by atoms with van der Waals surface area (Å²) >= 11 is 1.25. The maximum atomic E-state index is 13.6. The van der Waals surface area contributed by atoms with E-state index in [1.54, 1.807) is 30.9 Å². The summed E-state index contributed by atoms with van der Waals surface area (Å²) in [6.07, 6.45) is 1.15. The molecule has 0 bridgehead atoms. The summed E-state index contributed by atoms with van der Waals surface area (Å²) in [7, 11) is -6.82. The number of carbonyl (C=O) groups excluding carboxylic acids is 1. The van der Waals surface area contributed by atoms with Crippen molar-refractivity contribution in [3.63, 3.8) is 0 Å². The van der Waals surface area contributed by atoms with Gasteiger partial charge < -0.3 is 4.90 Å². The summed E-state index contributed by atoms with van der Waals surface area (Å²) < 4.78 is 49.5. The van der Waals surface area contributed by atoms with E-state index in [-0.39, 0.29) is 28.1 Å². The number of halogens is 1. The monoisotopic (exact) mass is 573 g/mol. The second kappa shape index (κ2) is 12.0. The van der Waals surface area contributed by atoms with Gasteiger partial charge in [0.05, 0.1) is 25.3 Å². The molecule has 8 nitrogen and oxygen atoms in total. The van der Waals surface area contributed by atoms with Gasteiger partial charge in [-0.15, -0.1) is 12.4 Å². The number of rotatable bonds is 10. The number of anilines is 1. The fourth-order valence-corrected chi connectivity index (χ4v) is 6.33. The van der Waals surface area contributed by atoms with Crippen molar-refractivity contribution < 1.29 is 21.6 Å². The Hall–Kier alpha value is -2.05. The molecule has 2 aromatic carbocycles. The van der Waals surface area contributed by atoms with Crippen LogP contribution in [-0.2, 0) is 19.7 Å². The van der Waals surface area contributed by atoms with Crippen LogP contribution in [0.2, 0.25) is 0 Å². The second-order valence-corrected chi connectivity index (χ2v) is 14.0. The van der Waals surface area contributed by atoms with Gasteiger partial charge in [-0.05, 0) is 69.4 Å². The van der Waals surface area contributed by atoms with Crippen molar-refractivity contribution in [3.8, 4) is 0 Å². The van der Waals surface area contributed by atoms with E-state index in [1.807, 2.05) is 13.8 Å². The van der Waals surface area contributed by atoms with E-state index < -0.39 is 24.9 Å². The molecule has 1 heterocycles. The molecule has 3 rings (SSSR count). The number of amides is 1. The minimum atomic E-state index is -3.44. The number of carbonyl (C=O) groups is 1. The first kappa shape index (κ1) is 30.2. The van der Waals surface area contributed by atoms with Crippen LogP contribution in [0.15, 0.2) is 52.3 Å². The van der Waals surface area contributed by atoms with Crippen LogP contribution in [0.3, 0.4) is 0 Å². The molecule has 0 spiro atoms. The van der Waals surface area contributed by atoms with Crippen LogP contribution in [0.4, 0.5) is 5.13 Å². The first-order valence-electron chi connectivity index (χ1n) is 11.4. The van der Waals surface area contributed by atoms with Crippen LogP contribution in [0.25, 0.3) is 10.2 Å². The predicted molar refractivity (Wildman–Crippen MR) is 148 cm³/mol. The zero-order valence-electron chi connectivity index (χ0n) is 21.0. The van der Waals surface area contributed by atoms with Gasteiger partial charge in [0.2, 0.25) is 0 Å². The lowest BCUT2D eigenvalue weighted by molar-refractivity contribution is 0.0983. The summed E-state index contributed by atoms with van der Waals surface area (Å²) in [4.78, 5) is 22.3. The summed E-state index contributed by atoms with van der Waals surface area (Å²) in [6.45, 7) is 10.0. The van der Waals surface area contributed by atoms with Gasteiger partial charge >= 0.3 is 0 Å². The molecular formula is C24H32ClN3O5S3. The van der Waals surface area contributed by atoms with Gasteiger partial charge in [0, 0.05) is 24.9 Å². The van der Waals surface area contributed by atoms with E-state index in [4.69, 9.17) is 0 Å². The number of thiazole rings is 1. The Bertz CT molecular complexity index is 1410. The lowest BCUT2D eigenvalue weighted by Crippen LogP contribution is -2.38. The molecule has 0 fully saturated rings. The third kappa shape index (κ3) is 6.63.